The number of amides is 2. The zero-order valence-corrected chi connectivity index (χ0v) is 23.1. The molecular weight excluding hydrogens is 554 g/mol. The van der Waals surface area contributed by atoms with Gasteiger partial charge in [-0.25, -0.2) is 24.9 Å². The number of carbonyl (C=O) groups is 2. The second-order valence-electron chi connectivity index (χ2n) is 10.6. The molecule has 0 radical (unpaired) electrons. The van der Waals surface area contributed by atoms with E-state index in [0.29, 0.717) is 46.7 Å². The first-order valence-corrected chi connectivity index (χ1v) is 14.1. The lowest BCUT2D eigenvalue weighted by molar-refractivity contribution is 0.0697. The minimum absolute atomic E-state index is 0.0290. The molecule has 1 aromatic carbocycles. The number of anilines is 2. The number of hydrogen-bond acceptors (Lipinski definition) is 8. The van der Waals surface area contributed by atoms with Gasteiger partial charge in [-0.1, -0.05) is 24.6 Å². The van der Waals surface area contributed by atoms with E-state index in [9.17, 15) is 9.59 Å². The molecule has 4 aromatic heterocycles. The highest BCUT2D eigenvalue weighted by molar-refractivity contribution is 6.28. The molecule has 5 aromatic rings. The van der Waals surface area contributed by atoms with Crippen molar-refractivity contribution in [2.75, 3.05) is 17.6 Å². The summed E-state index contributed by atoms with van der Waals surface area (Å²) in [5.74, 6) is 1.65. The fourth-order valence-electron chi connectivity index (χ4n) is 6.35. The van der Waals surface area contributed by atoms with Crippen molar-refractivity contribution >= 4 is 40.6 Å². The fraction of sp³-hybridized carbons (Fsp3) is 0.233. The van der Waals surface area contributed by atoms with Crippen LogP contribution in [-0.4, -0.2) is 52.6 Å². The maximum absolute atomic E-state index is 13.8. The SMILES string of the molecule is Nc1nccn2c([C@@H]3C4CCCC4CN3C(=O)c3ccnc(Cl)n3)nc(-c3ccc(C(=O)Nc4ccccn4)cc3)c12. The number of carbonyl (C=O) groups excluding carboxylic acids is 2. The van der Waals surface area contributed by atoms with Crippen LogP contribution in [0.25, 0.3) is 16.8 Å². The van der Waals surface area contributed by atoms with E-state index < -0.39 is 0 Å². The third kappa shape index (κ3) is 4.51. The molecule has 11 nitrogen and oxygen atoms in total. The number of hydrogen-bond donors (Lipinski definition) is 2. The summed E-state index contributed by atoms with van der Waals surface area (Å²) < 4.78 is 1.94. The van der Waals surface area contributed by atoms with E-state index in [-0.39, 0.29) is 34.8 Å². The summed E-state index contributed by atoms with van der Waals surface area (Å²) >= 11 is 6.02. The number of imidazole rings is 1. The van der Waals surface area contributed by atoms with Crippen LogP contribution in [-0.2, 0) is 0 Å². The van der Waals surface area contributed by atoms with E-state index in [1.54, 1.807) is 48.8 Å². The topological polar surface area (TPSA) is 144 Å². The van der Waals surface area contributed by atoms with Gasteiger partial charge in [-0.05, 0) is 66.6 Å². The van der Waals surface area contributed by atoms with Gasteiger partial charge >= 0.3 is 0 Å². The summed E-state index contributed by atoms with van der Waals surface area (Å²) in [4.78, 5) is 50.2. The molecule has 3 N–H and O–H groups in total. The van der Waals surface area contributed by atoms with Crippen molar-refractivity contribution in [2.24, 2.45) is 11.8 Å². The van der Waals surface area contributed by atoms with Crippen molar-refractivity contribution in [1.82, 2.24) is 34.2 Å². The second-order valence-corrected chi connectivity index (χ2v) is 10.9. The smallest absolute Gasteiger partial charge is 0.273 e. The zero-order chi connectivity index (χ0) is 28.8. The number of nitrogens with zero attached hydrogens (tertiary/aromatic N) is 7. The standard InChI is InChI=1S/C30H26ClN9O2/c31-30-35-13-11-21(36-30)29(42)40-16-19-4-3-5-20(19)24(40)27-38-23(25-26(32)34-14-15-39(25)27)17-7-9-18(10-8-17)28(41)37-22-6-1-2-12-33-22/h1-2,6-15,19-20,24H,3-5,16H2,(H2,32,34)(H,33,37,41)/t19?,20?,24-/m0/s1. The molecule has 0 bridgehead atoms. The first-order chi connectivity index (χ1) is 20.5. The minimum atomic E-state index is -0.287. The van der Waals surface area contributed by atoms with Crippen LogP contribution in [0.4, 0.5) is 11.6 Å². The van der Waals surface area contributed by atoms with E-state index in [4.69, 9.17) is 22.3 Å². The Balaban J connectivity index is 1.28. The predicted molar refractivity (Wildman–Crippen MR) is 157 cm³/mol. The number of nitrogen functional groups attached to an aromatic ring is 1. The number of pyridine rings is 1. The quantitative estimate of drug-likeness (QED) is 0.285. The Hall–Kier alpha value is -4.90. The molecule has 42 heavy (non-hydrogen) atoms. The lowest BCUT2D eigenvalue weighted by atomic mass is 9.93. The summed E-state index contributed by atoms with van der Waals surface area (Å²) in [5.41, 5.74) is 9.21. The third-order valence-electron chi connectivity index (χ3n) is 8.20. The van der Waals surface area contributed by atoms with E-state index in [2.05, 4.69) is 25.3 Å². The molecule has 2 aliphatic rings. The van der Waals surface area contributed by atoms with Crippen LogP contribution in [0.1, 0.15) is 52.0 Å². The molecule has 2 unspecified atom stereocenters. The average molecular weight is 580 g/mol. The Labute approximate surface area is 245 Å². The molecule has 1 aliphatic heterocycles. The molecule has 2 amide bonds. The maximum Gasteiger partial charge on any atom is 0.273 e. The van der Waals surface area contributed by atoms with Gasteiger partial charge in [0.2, 0.25) is 5.28 Å². The highest BCUT2D eigenvalue weighted by Crippen LogP contribution is 2.50. The van der Waals surface area contributed by atoms with Crippen molar-refractivity contribution in [3.05, 3.63) is 95.7 Å². The lowest BCUT2D eigenvalue weighted by Crippen LogP contribution is -2.34. The number of benzene rings is 1. The number of rotatable bonds is 5. The summed E-state index contributed by atoms with van der Waals surface area (Å²) in [7, 11) is 0. The Morgan fingerprint density at radius 1 is 0.952 bits per heavy atom. The number of halogens is 1. The van der Waals surface area contributed by atoms with E-state index in [1.807, 2.05) is 27.6 Å². The van der Waals surface area contributed by atoms with Crippen LogP contribution >= 0.6 is 11.6 Å². The second kappa shape index (κ2) is 10.5. The van der Waals surface area contributed by atoms with Gasteiger partial charge in [0.15, 0.2) is 0 Å². The molecule has 1 aliphatic carbocycles. The van der Waals surface area contributed by atoms with Crippen LogP contribution in [0.15, 0.2) is 73.3 Å². The van der Waals surface area contributed by atoms with E-state index >= 15 is 0 Å². The monoisotopic (exact) mass is 579 g/mol. The Bertz CT molecular complexity index is 1810. The zero-order valence-electron chi connectivity index (χ0n) is 22.4. The molecule has 1 saturated carbocycles. The molecule has 210 valence electrons. The number of aromatic nitrogens is 6. The molecule has 1 saturated heterocycles. The largest absolute Gasteiger partial charge is 0.382 e. The van der Waals surface area contributed by atoms with Crippen molar-refractivity contribution in [3.63, 3.8) is 0 Å². The number of likely N-dealkylation sites (tertiary alicyclic amines) is 1. The summed E-state index contributed by atoms with van der Waals surface area (Å²) in [6.07, 6.45) is 9.73. The molecule has 3 atom stereocenters. The van der Waals surface area contributed by atoms with Crippen molar-refractivity contribution < 1.29 is 9.59 Å². The normalized spacial score (nSPS) is 19.6. The van der Waals surface area contributed by atoms with Gasteiger partial charge in [-0.2, -0.15) is 0 Å². The van der Waals surface area contributed by atoms with Crippen LogP contribution in [0.3, 0.4) is 0 Å². The van der Waals surface area contributed by atoms with Crippen molar-refractivity contribution in [3.8, 4) is 11.3 Å². The molecular formula is C30H26ClN9O2. The molecule has 0 spiro atoms. The van der Waals surface area contributed by atoms with Gasteiger partial charge in [-0.3, -0.25) is 14.0 Å². The lowest BCUT2D eigenvalue weighted by Gasteiger charge is -2.27. The van der Waals surface area contributed by atoms with Gasteiger partial charge in [0.05, 0.1) is 6.04 Å². The first kappa shape index (κ1) is 26.0. The Morgan fingerprint density at radius 3 is 2.60 bits per heavy atom. The highest BCUT2D eigenvalue weighted by atomic mass is 35.5. The van der Waals surface area contributed by atoms with Gasteiger partial charge in [-0.15, -0.1) is 0 Å². The van der Waals surface area contributed by atoms with Crippen LogP contribution in [0, 0.1) is 11.8 Å². The first-order valence-electron chi connectivity index (χ1n) is 13.7. The molecule has 12 heteroatoms. The maximum atomic E-state index is 13.8. The van der Waals surface area contributed by atoms with Gasteiger partial charge in [0, 0.05) is 42.5 Å². The van der Waals surface area contributed by atoms with E-state index in [1.165, 1.54) is 6.20 Å². The van der Waals surface area contributed by atoms with Crippen LogP contribution in [0.5, 0.6) is 0 Å². The number of fused-ring (bicyclic) bond motifs is 2. The van der Waals surface area contributed by atoms with E-state index in [0.717, 1.165) is 24.8 Å². The molecule has 2 fully saturated rings. The summed E-state index contributed by atoms with van der Waals surface area (Å²) in [6.45, 7) is 0.612. The molecule has 7 rings (SSSR count). The Morgan fingerprint density at radius 2 is 1.81 bits per heavy atom. The molecule has 5 heterocycles. The van der Waals surface area contributed by atoms with Gasteiger partial charge < -0.3 is 16.0 Å². The van der Waals surface area contributed by atoms with Gasteiger partial charge in [0.25, 0.3) is 11.8 Å². The highest BCUT2D eigenvalue weighted by Gasteiger charge is 2.49. The average Bonchev–Trinajstić information content (AvgIpc) is 3.71. The van der Waals surface area contributed by atoms with Crippen LogP contribution < -0.4 is 11.1 Å². The summed E-state index contributed by atoms with van der Waals surface area (Å²) in [6, 6.07) is 13.8. The summed E-state index contributed by atoms with van der Waals surface area (Å²) in [5, 5.41) is 2.83. The van der Waals surface area contributed by atoms with Crippen LogP contribution in [0.2, 0.25) is 5.28 Å². The number of nitrogens with one attached hydrogen (secondary N) is 1. The third-order valence-corrected chi connectivity index (χ3v) is 8.38. The van der Waals surface area contributed by atoms with Crippen molar-refractivity contribution in [1.29, 1.82) is 0 Å². The van der Waals surface area contributed by atoms with Crippen molar-refractivity contribution in [2.45, 2.75) is 25.3 Å². The Kier molecular flexibility index (Phi) is 6.50. The minimum Gasteiger partial charge on any atom is -0.382 e. The fourth-order valence-corrected chi connectivity index (χ4v) is 6.50. The number of nitrogens with two attached hydrogens (primary N) is 1. The van der Waals surface area contributed by atoms with Gasteiger partial charge in [0.1, 0.15) is 34.4 Å². The predicted octanol–water partition coefficient (Wildman–Crippen LogP) is 4.68.